The molecule has 0 saturated heterocycles. The highest BCUT2D eigenvalue weighted by Crippen LogP contribution is 2.18. The number of benzene rings is 2. The third-order valence-corrected chi connectivity index (χ3v) is 3.73. The van der Waals surface area contributed by atoms with Gasteiger partial charge in [0.1, 0.15) is 0 Å². The van der Waals surface area contributed by atoms with E-state index in [-0.39, 0.29) is 11.9 Å². The van der Waals surface area contributed by atoms with Crippen molar-refractivity contribution in [1.29, 1.82) is 0 Å². The quantitative estimate of drug-likeness (QED) is 0.836. The topological polar surface area (TPSA) is 29.1 Å². The van der Waals surface area contributed by atoms with E-state index in [1.54, 1.807) is 0 Å². The van der Waals surface area contributed by atoms with Gasteiger partial charge in [0.2, 0.25) is 0 Å². The van der Waals surface area contributed by atoms with Crippen LogP contribution >= 0.6 is 27.5 Å². The predicted molar refractivity (Wildman–Crippen MR) is 86.2 cm³/mol. The van der Waals surface area contributed by atoms with Crippen LogP contribution in [0.15, 0.2) is 46.9 Å². The van der Waals surface area contributed by atoms with Gasteiger partial charge in [0.05, 0.1) is 6.04 Å². The highest BCUT2D eigenvalue weighted by Gasteiger charge is 2.12. The van der Waals surface area contributed by atoms with Crippen LogP contribution in [-0.2, 0) is 0 Å². The molecule has 0 bridgehead atoms. The fourth-order valence-electron chi connectivity index (χ4n) is 1.98. The minimum Gasteiger partial charge on any atom is -0.346 e. The van der Waals surface area contributed by atoms with Crippen LogP contribution in [0.25, 0.3) is 0 Å². The molecule has 1 amide bonds. The normalized spacial score (nSPS) is 12.0. The van der Waals surface area contributed by atoms with Crippen molar-refractivity contribution in [2.45, 2.75) is 19.9 Å². The average molecular weight is 353 g/mol. The number of carbonyl (C=O) groups is 1. The van der Waals surface area contributed by atoms with E-state index >= 15 is 0 Å². The van der Waals surface area contributed by atoms with Gasteiger partial charge in [-0.25, -0.2) is 0 Å². The number of carbonyl (C=O) groups excluding carboxylic acids is 1. The maximum Gasteiger partial charge on any atom is 0.251 e. The number of nitrogens with one attached hydrogen (secondary N) is 1. The van der Waals surface area contributed by atoms with E-state index in [9.17, 15) is 4.79 Å². The maximum absolute atomic E-state index is 12.2. The largest absolute Gasteiger partial charge is 0.346 e. The van der Waals surface area contributed by atoms with Crippen LogP contribution in [0.3, 0.4) is 0 Å². The summed E-state index contributed by atoms with van der Waals surface area (Å²) in [5.74, 6) is -0.0862. The second-order valence-electron chi connectivity index (χ2n) is 4.76. The van der Waals surface area contributed by atoms with Crippen molar-refractivity contribution in [2.75, 3.05) is 0 Å². The number of amides is 1. The molecule has 0 spiro atoms. The molecule has 4 heteroatoms. The molecule has 0 fully saturated rings. The lowest BCUT2D eigenvalue weighted by Crippen LogP contribution is -2.26. The van der Waals surface area contributed by atoms with Crippen molar-refractivity contribution in [2.24, 2.45) is 0 Å². The van der Waals surface area contributed by atoms with E-state index in [0.29, 0.717) is 10.6 Å². The van der Waals surface area contributed by atoms with Gasteiger partial charge in [-0.2, -0.15) is 0 Å². The minimum absolute atomic E-state index is 0.0703. The summed E-state index contributed by atoms with van der Waals surface area (Å²) in [5, 5.41) is 3.67. The first kappa shape index (κ1) is 15.1. The van der Waals surface area contributed by atoms with Crippen molar-refractivity contribution in [3.63, 3.8) is 0 Å². The molecule has 104 valence electrons. The molecule has 0 radical (unpaired) electrons. The van der Waals surface area contributed by atoms with E-state index in [4.69, 9.17) is 11.6 Å². The van der Waals surface area contributed by atoms with E-state index in [1.807, 2.05) is 56.3 Å². The van der Waals surface area contributed by atoms with Gasteiger partial charge in [0.15, 0.2) is 0 Å². The molecule has 0 heterocycles. The third-order valence-electron chi connectivity index (χ3n) is 3.02. The van der Waals surface area contributed by atoms with Gasteiger partial charge in [0.25, 0.3) is 5.91 Å². The summed E-state index contributed by atoms with van der Waals surface area (Å²) in [7, 11) is 0. The van der Waals surface area contributed by atoms with Crippen molar-refractivity contribution in [1.82, 2.24) is 5.32 Å². The summed E-state index contributed by atoms with van der Waals surface area (Å²) in [6, 6.07) is 13.1. The summed E-state index contributed by atoms with van der Waals surface area (Å²) >= 11 is 9.27. The Morgan fingerprint density at radius 3 is 2.45 bits per heavy atom. The molecule has 1 unspecified atom stereocenters. The monoisotopic (exact) mass is 351 g/mol. The Kier molecular flexibility index (Phi) is 4.84. The third kappa shape index (κ3) is 3.84. The summed E-state index contributed by atoms with van der Waals surface area (Å²) in [6.07, 6.45) is 0. The lowest BCUT2D eigenvalue weighted by atomic mass is 10.1. The highest BCUT2D eigenvalue weighted by molar-refractivity contribution is 9.10. The summed E-state index contributed by atoms with van der Waals surface area (Å²) in [4.78, 5) is 12.2. The summed E-state index contributed by atoms with van der Waals surface area (Å²) in [6.45, 7) is 3.91. The Bertz CT molecular complexity index is 605. The van der Waals surface area contributed by atoms with Gasteiger partial charge in [-0.05, 0) is 55.3 Å². The van der Waals surface area contributed by atoms with Crippen LogP contribution in [-0.4, -0.2) is 5.91 Å². The van der Waals surface area contributed by atoms with E-state index < -0.39 is 0 Å². The van der Waals surface area contributed by atoms with Gasteiger partial charge in [0, 0.05) is 15.1 Å². The molecule has 0 aliphatic heterocycles. The SMILES string of the molecule is Cc1cc(Br)cc(C(=O)NC(C)c2ccc(Cl)cc2)c1. The van der Waals surface area contributed by atoms with Crippen molar-refractivity contribution in [3.8, 4) is 0 Å². The Labute approximate surface area is 132 Å². The predicted octanol–water partition coefficient (Wildman–Crippen LogP) is 4.90. The number of halogens is 2. The molecule has 0 aliphatic carbocycles. The van der Waals surface area contributed by atoms with E-state index in [0.717, 1.165) is 15.6 Å². The first-order valence-corrected chi connectivity index (χ1v) is 7.46. The van der Waals surface area contributed by atoms with E-state index in [2.05, 4.69) is 21.2 Å². The van der Waals surface area contributed by atoms with Crippen LogP contribution < -0.4 is 5.32 Å². The first-order chi connectivity index (χ1) is 9.45. The second kappa shape index (κ2) is 6.42. The molecule has 2 rings (SSSR count). The number of hydrogen-bond donors (Lipinski definition) is 1. The molecule has 2 aromatic carbocycles. The van der Waals surface area contributed by atoms with Gasteiger partial charge < -0.3 is 5.32 Å². The standard InChI is InChI=1S/C16H15BrClNO/c1-10-7-13(9-14(17)8-10)16(20)19-11(2)12-3-5-15(18)6-4-12/h3-9,11H,1-2H3,(H,19,20). The fraction of sp³-hybridized carbons (Fsp3) is 0.188. The van der Waals surface area contributed by atoms with Gasteiger partial charge in [-0.15, -0.1) is 0 Å². The Hall–Kier alpha value is -1.32. The summed E-state index contributed by atoms with van der Waals surface area (Å²) < 4.78 is 0.904. The van der Waals surface area contributed by atoms with Crippen molar-refractivity contribution >= 4 is 33.4 Å². The van der Waals surface area contributed by atoms with Crippen LogP contribution in [0.1, 0.15) is 34.5 Å². The smallest absolute Gasteiger partial charge is 0.251 e. The van der Waals surface area contributed by atoms with Gasteiger partial charge >= 0.3 is 0 Å². The summed E-state index contributed by atoms with van der Waals surface area (Å²) in [5.41, 5.74) is 2.72. The Balaban J connectivity index is 2.12. The van der Waals surface area contributed by atoms with Crippen LogP contribution in [0.4, 0.5) is 0 Å². The maximum atomic E-state index is 12.2. The van der Waals surface area contributed by atoms with Crippen LogP contribution in [0.2, 0.25) is 5.02 Å². The van der Waals surface area contributed by atoms with Crippen LogP contribution in [0.5, 0.6) is 0 Å². The highest BCUT2D eigenvalue weighted by atomic mass is 79.9. The average Bonchev–Trinajstić information content (AvgIpc) is 2.38. The molecular formula is C16H15BrClNO. The molecule has 1 atom stereocenters. The fourth-order valence-corrected chi connectivity index (χ4v) is 2.72. The molecule has 2 nitrogen and oxygen atoms in total. The molecule has 1 N–H and O–H groups in total. The van der Waals surface area contributed by atoms with Gasteiger partial charge in [-0.3, -0.25) is 4.79 Å². The van der Waals surface area contributed by atoms with Crippen molar-refractivity contribution in [3.05, 3.63) is 68.7 Å². The molecule has 20 heavy (non-hydrogen) atoms. The Morgan fingerprint density at radius 1 is 1.20 bits per heavy atom. The first-order valence-electron chi connectivity index (χ1n) is 6.29. The zero-order chi connectivity index (χ0) is 14.7. The minimum atomic E-state index is -0.0862. The molecule has 0 saturated carbocycles. The van der Waals surface area contributed by atoms with E-state index in [1.165, 1.54) is 0 Å². The molecule has 0 aliphatic rings. The Morgan fingerprint density at radius 2 is 1.85 bits per heavy atom. The number of hydrogen-bond acceptors (Lipinski definition) is 1. The zero-order valence-corrected chi connectivity index (χ0v) is 13.6. The second-order valence-corrected chi connectivity index (χ2v) is 6.12. The number of aryl methyl sites for hydroxylation is 1. The molecule has 2 aromatic rings. The lowest BCUT2D eigenvalue weighted by Gasteiger charge is -2.15. The number of rotatable bonds is 3. The molecular weight excluding hydrogens is 338 g/mol. The lowest BCUT2D eigenvalue weighted by molar-refractivity contribution is 0.0939. The van der Waals surface area contributed by atoms with Crippen LogP contribution in [0, 0.1) is 6.92 Å². The molecule has 0 aromatic heterocycles. The zero-order valence-electron chi connectivity index (χ0n) is 11.3. The van der Waals surface area contributed by atoms with Crippen molar-refractivity contribution < 1.29 is 4.79 Å². The van der Waals surface area contributed by atoms with Gasteiger partial charge in [-0.1, -0.05) is 39.7 Å².